The second-order valence-corrected chi connectivity index (χ2v) is 11.5. The van der Waals surface area contributed by atoms with Gasteiger partial charge in [-0.05, 0) is 49.2 Å². The molecule has 0 spiro atoms. The Labute approximate surface area is 238 Å². The Hall–Kier alpha value is -3.81. The van der Waals surface area contributed by atoms with Gasteiger partial charge in [-0.1, -0.05) is 0 Å². The summed E-state index contributed by atoms with van der Waals surface area (Å²) in [6.45, 7) is 1.32. The number of amides is 2. The summed E-state index contributed by atoms with van der Waals surface area (Å²) in [6, 6.07) is 8.14. The van der Waals surface area contributed by atoms with Crippen LogP contribution in [0.3, 0.4) is 0 Å². The molecule has 4 aliphatic heterocycles. The number of piperidine rings is 1. The monoisotopic (exact) mass is 582 g/mol. The van der Waals surface area contributed by atoms with Gasteiger partial charge in [-0.15, -0.1) is 4.59 Å². The van der Waals surface area contributed by atoms with Gasteiger partial charge in [-0.2, -0.15) is 35.8 Å². The topological polar surface area (TPSA) is 113 Å². The molecule has 0 saturated carbocycles. The van der Waals surface area contributed by atoms with Crippen molar-refractivity contribution in [1.82, 2.24) is 9.88 Å². The van der Waals surface area contributed by atoms with Crippen molar-refractivity contribution < 1.29 is 27.4 Å². The van der Waals surface area contributed by atoms with Gasteiger partial charge in [-0.3, -0.25) is 14.6 Å². The van der Waals surface area contributed by atoms with Crippen LogP contribution in [0.4, 0.5) is 19.0 Å². The molecule has 0 bridgehead atoms. The molecule has 1 aromatic heterocycles. The number of aliphatic imine (C=N–C) groups is 2. The minimum absolute atomic E-state index is 0.0111. The molecule has 2 unspecified atom stereocenters. The van der Waals surface area contributed by atoms with Crippen molar-refractivity contribution in [1.29, 1.82) is 0 Å². The van der Waals surface area contributed by atoms with Crippen LogP contribution in [0.1, 0.15) is 34.3 Å². The summed E-state index contributed by atoms with van der Waals surface area (Å²) in [5.74, 6) is 8.68. The van der Waals surface area contributed by atoms with E-state index in [9.17, 15) is 22.8 Å². The molecule has 2 saturated heterocycles. The van der Waals surface area contributed by atoms with Crippen molar-refractivity contribution in [2.45, 2.75) is 19.0 Å². The lowest BCUT2D eigenvalue weighted by Crippen LogP contribution is -2.53. The number of fused-ring (bicyclic) bond motifs is 1. The van der Waals surface area contributed by atoms with Crippen LogP contribution in [0.5, 0.6) is 0 Å². The predicted molar refractivity (Wildman–Crippen MR) is 149 cm³/mol. The summed E-state index contributed by atoms with van der Waals surface area (Å²) in [6.07, 6.45) is 3.25. The van der Waals surface area contributed by atoms with E-state index in [4.69, 9.17) is 10.8 Å². The smallest absolute Gasteiger partial charge is 0.342 e. The van der Waals surface area contributed by atoms with Gasteiger partial charge in [0.2, 0.25) is 11.6 Å². The number of halogens is 3. The molecular formula is C28H27F3N7O2S+. The normalized spacial score (nSPS) is 24.1. The number of pyridine rings is 1. The molecule has 2 fully saturated rings. The van der Waals surface area contributed by atoms with Gasteiger partial charge < -0.3 is 10.2 Å². The van der Waals surface area contributed by atoms with E-state index >= 15 is 0 Å². The third-order valence-electron chi connectivity index (χ3n) is 7.66. The molecule has 6 rings (SSSR count). The number of likely N-dealkylation sites (tertiary alicyclic amines) is 1. The lowest BCUT2D eigenvalue weighted by molar-refractivity contribution is -0.750. The molecule has 2 atom stereocenters. The number of quaternary nitrogens is 1. The first-order valence-corrected chi connectivity index (χ1v) is 14.3. The van der Waals surface area contributed by atoms with Crippen LogP contribution in [-0.2, 0) is 11.0 Å². The fourth-order valence-electron chi connectivity index (χ4n) is 5.38. The Morgan fingerprint density at radius 2 is 1.93 bits per heavy atom. The summed E-state index contributed by atoms with van der Waals surface area (Å²) in [7, 11) is 0. The second kappa shape index (κ2) is 10.5. The lowest BCUT2D eigenvalue weighted by atomic mass is 9.93. The van der Waals surface area contributed by atoms with E-state index in [0.717, 1.165) is 60.6 Å². The maximum Gasteiger partial charge on any atom is 0.416 e. The molecule has 2 amide bonds. The summed E-state index contributed by atoms with van der Waals surface area (Å²) < 4.78 is 38.9. The zero-order chi connectivity index (χ0) is 28.8. The highest BCUT2D eigenvalue weighted by Gasteiger charge is 2.47. The molecule has 9 nitrogen and oxygen atoms in total. The first-order valence-electron chi connectivity index (χ1n) is 13.2. The van der Waals surface area contributed by atoms with Crippen molar-refractivity contribution in [3.8, 4) is 0 Å². The molecule has 0 aliphatic carbocycles. The molecule has 1 aromatic carbocycles. The molecule has 3 N–H and O–H groups in total. The Kier molecular flexibility index (Phi) is 7.04. The number of allylic oxidation sites excluding steroid dienone is 1. The number of carbonyl (C=O) groups is 2. The van der Waals surface area contributed by atoms with Crippen molar-refractivity contribution in [3.63, 3.8) is 0 Å². The summed E-state index contributed by atoms with van der Waals surface area (Å²) in [5, 5.41) is 2.41. The fraction of sp³-hybridized carbons (Fsp3) is 0.321. The Bertz CT molecular complexity index is 1520. The average Bonchev–Trinajstić information content (AvgIpc) is 3.25. The van der Waals surface area contributed by atoms with Gasteiger partial charge in [-0.25, -0.2) is 4.98 Å². The van der Waals surface area contributed by atoms with Crippen LogP contribution in [-0.4, -0.2) is 62.9 Å². The third-order valence-corrected chi connectivity index (χ3v) is 8.94. The van der Waals surface area contributed by atoms with Crippen molar-refractivity contribution in [2.24, 2.45) is 27.7 Å². The fourth-order valence-corrected chi connectivity index (χ4v) is 6.13. The maximum absolute atomic E-state index is 13.0. The Morgan fingerprint density at radius 3 is 2.63 bits per heavy atom. The van der Waals surface area contributed by atoms with E-state index in [1.165, 1.54) is 0 Å². The molecule has 13 heteroatoms. The molecule has 41 heavy (non-hydrogen) atoms. The number of amidine groups is 1. The van der Waals surface area contributed by atoms with E-state index in [0.29, 0.717) is 17.9 Å². The van der Waals surface area contributed by atoms with E-state index < -0.39 is 17.6 Å². The largest absolute Gasteiger partial charge is 0.416 e. The van der Waals surface area contributed by atoms with Crippen LogP contribution in [0.15, 0.2) is 76.4 Å². The van der Waals surface area contributed by atoms with Gasteiger partial charge in [0.25, 0.3) is 11.7 Å². The highest BCUT2D eigenvalue weighted by molar-refractivity contribution is 8.00. The van der Waals surface area contributed by atoms with E-state index in [-0.39, 0.29) is 33.7 Å². The highest BCUT2D eigenvalue weighted by Crippen LogP contribution is 2.38. The van der Waals surface area contributed by atoms with Gasteiger partial charge in [0.1, 0.15) is 17.7 Å². The van der Waals surface area contributed by atoms with Crippen molar-refractivity contribution in [3.05, 3.63) is 83.1 Å². The Balaban J connectivity index is 1.22. The SMILES string of the molecule is N[N+]12C=CN=CC1=C(C1CCCN(C(=O)C3CSC3)C1)N=C2c1ccc(C(=O)Nc2cc(C(F)(F)F)ccn2)cc1. The molecule has 212 valence electrons. The maximum atomic E-state index is 13.0. The lowest BCUT2D eigenvalue weighted by Gasteiger charge is -2.37. The third kappa shape index (κ3) is 5.20. The van der Waals surface area contributed by atoms with E-state index in [2.05, 4.69) is 15.3 Å². The quantitative estimate of drug-likeness (QED) is 0.406. The first-order chi connectivity index (χ1) is 19.6. The second-order valence-electron chi connectivity index (χ2n) is 10.4. The van der Waals surface area contributed by atoms with Gasteiger partial charge >= 0.3 is 6.18 Å². The highest BCUT2D eigenvalue weighted by atomic mass is 32.2. The molecule has 4 aliphatic rings. The molecular weight excluding hydrogens is 555 g/mol. The zero-order valence-corrected chi connectivity index (χ0v) is 22.7. The van der Waals surface area contributed by atoms with Crippen LogP contribution < -0.4 is 11.2 Å². The number of nitrogens with one attached hydrogen (secondary N) is 1. The van der Waals surface area contributed by atoms with Gasteiger partial charge in [0.05, 0.1) is 29.5 Å². The summed E-state index contributed by atoms with van der Waals surface area (Å²) in [5.41, 5.74) is 1.53. The van der Waals surface area contributed by atoms with Crippen LogP contribution in [0.25, 0.3) is 0 Å². The average molecular weight is 583 g/mol. The number of carbonyl (C=O) groups excluding carboxylic acids is 2. The number of aromatic nitrogens is 1. The number of rotatable bonds is 5. The molecule has 2 aromatic rings. The molecule has 0 radical (unpaired) electrons. The molecule has 5 heterocycles. The predicted octanol–water partition coefficient (Wildman–Crippen LogP) is 4.17. The minimum Gasteiger partial charge on any atom is -0.342 e. The van der Waals surface area contributed by atoms with Crippen molar-refractivity contribution >= 4 is 41.4 Å². The van der Waals surface area contributed by atoms with Crippen LogP contribution >= 0.6 is 11.8 Å². The number of benzene rings is 1. The summed E-state index contributed by atoms with van der Waals surface area (Å²) >= 11 is 1.79. The standard InChI is InChI=1S/C28H26F3N7O2S/c29-28(30,31)21-7-8-34-23(12-21)35-26(39)18-5-3-17(4-6-18)25-36-24(22-13-33-9-11-38(22,25)32)19-2-1-10-37(14-19)27(40)20-15-41-16-20/h3-9,11-13,19-20H,1-2,10,14-16,32H2/p+1. The van der Waals surface area contributed by atoms with E-state index in [1.54, 1.807) is 54.6 Å². The Morgan fingerprint density at radius 1 is 1.15 bits per heavy atom. The number of hydrogen-bond acceptors (Lipinski definition) is 7. The van der Waals surface area contributed by atoms with Gasteiger partial charge in [0, 0.05) is 42.3 Å². The van der Waals surface area contributed by atoms with Crippen LogP contribution in [0.2, 0.25) is 0 Å². The number of nitrogens with zero attached hydrogens (tertiary/aromatic N) is 5. The van der Waals surface area contributed by atoms with Gasteiger partial charge in [0.15, 0.2) is 0 Å². The van der Waals surface area contributed by atoms with Crippen LogP contribution in [0, 0.1) is 11.8 Å². The first kappa shape index (κ1) is 27.4. The zero-order valence-electron chi connectivity index (χ0n) is 21.8. The number of nitrogens with two attached hydrogens (primary N) is 1. The minimum atomic E-state index is -4.55. The van der Waals surface area contributed by atoms with E-state index in [1.807, 2.05) is 4.90 Å². The number of anilines is 1. The van der Waals surface area contributed by atoms with Crippen molar-refractivity contribution in [2.75, 3.05) is 29.9 Å². The number of thioether (sulfide) groups is 1. The summed E-state index contributed by atoms with van der Waals surface area (Å²) in [4.78, 5) is 40.8. The number of alkyl halides is 3. The number of hydrogen-bond donors (Lipinski definition) is 2.